The van der Waals surface area contributed by atoms with Gasteiger partial charge in [0.05, 0.1) is 17.9 Å². The van der Waals surface area contributed by atoms with Crippen LogP contribution in [-0.2, 0) is 6.54 Å². The smallest absolute Gasteiger partial charge is 0.133 e. The highest BCUT2D eigenvalue weighted by Crippen LogP contribution is 2.09. The van der Waals surface area contributed by atoms with E-state index in [9.17, 15) is 0 Å². The summed E-state index contributed by atoms with van der Waals surface area (Å²) in [7, 11) is 0. The van der Waals surface area contributed by atoms with E-state index in [0.717, 1.165) is 17.1 Å². The van der Waals surface area contributed by atoms with E-state index >= 15 is 0 Å². The van der Waals surface area contributed by atoms with E-state index in [-0.39, 0.29) is 0 Å². The number of aryl methyl sites for hydroxylation is 2. The van der Waals surface area contributed by atoms with Crippen molar-refractivity contribution in [3.63, 3.8) is 0 Å². The van der Waals surface area contributed by atoms with Crippen LogP contribution in [-0.4, -0.2) is 14.9 Å². The normalized spacial score (nSPS) is 10.7. The maximum absolute atomic E-state index is 5.67. The number of hydrogen-bond donors (Lipinski definition) is 1. The van der Waals surface area contributed by atoms with Gasteiger partial charge in [0.2, 0.25) is 0 Å². The third kappa shape index (κ3) is 1.61. The molecule has 0 unspecified atom stereocenters. The van der Waals surface area contributed by atoms with Gasteiger partial charge in [0.25, 0.3) is 0 Å². The summed E-state index contributed by atoms with van der Waals surface area (Å²) in [4.78, 5) is 0. The lowest BCUT2D eigenvalue weighted by atomic mass is 10.4. The van der Waals surface area contributed by atoms with Crippen molar-refractivity contribution in [2.45, 2.75) is 20.4 Å². The van der Waals surface area contributed by atoms with Gasteiger partial charge in [-0.25, -0.2) is 0 Å². The van der Waals surface area contributed by atoms with E-state index < -0.39 is 0 Å². The molecule has 5 heteroatoms. The largest absolute Gasteiger partial charge is 0.396 e. The minimum atomic E-state index is 0.593. The lowest BCUT2D eigenvalue weighted by molar-refractivity contribution is 0.387. The Kier molecular flexibility index (Phi) is 1.99. The fourth-order valence-electron chi connectivity index (χ4n) is 1.27. The third-order valence-electron chi connectivity index (χ3n) is 1.99. The van der Waals surface area contributed by atoms with Crippen molar-refractivity contribution in [1.82, 2.24) is 14.9 Å². The van der Waals surface area contributed by atoms with E-state index in [1.165, 1.54) is 0 Å². The molecule has 2 heterocycles. The third-order valence-corrected chi connectivity index (χ3v) is 1.99. The van der Waals surface area contributed by atoms with E-state index in [1.54, 1.807) is 10.9 Å². The molecule has 2 N–H and O–H groups in total. The van der Waals surface area contributed by atoms with Gasteiger partial charge in [0.15, 0.2) is 0 Å². The zero-order valence-electron chi connectivity index (χ0n) is 8.19. The molecule has 0 aliphatic carbocycles. The van der Waals surface area contributed by atoms with Gasteiger partial charge in [-0.3, -0.25) is 4.68 Å². The maximum atomic E-state index is 5.67. The van der Waals surface area contributed by atoms with Gasteiger partial charge in [-0.1, -0.05) is 5.16 Å². The Morgan fingerprint density at radius 3 is 2.79 bits per heavy atom. The second-order valence-electron chi connectivity index (χ2n) is 3.30. The molecule has 0 spiro atoms. The Morgan fingerprint density at radius 2 is 2.29 bits per heavy atom. The van der Waals surface area contributed by atoms with Crippen LogP contribution in [0.25, 0.3) is 0 Å². The van der Waals surface area contributed by atoms with Gasteiger partial charge in [-0.15, -0.1) is 0 Å². The summed E-state index contributed by atoms with van der Waals surface area (Å²) in [6, 6.07) is 1.88. The average Bonchev–Trinajstić information content (AvgIpc) is 2.62. The Morgan fingerprint density at radius 1 is 1.50 bits per heavy atom. The molecule has 2 rings (SSSR count). The number of nitrogen functional groups attached to an aromatic ring is 1. The molecule has 2 aromatic heterocycles. The SMILES string of the molecule is Cc1cc(Cn2cc(N)c(C)n2)no1. The minimum Gasteiger partial charge on any atom is -0.396 e. The standard InChI is InChI=1S/C9H12N4O/c1-6-3-8(12-14-6)4-13-5-9(10)7(2)11-13/h3,5H,4,10H2,1-2H3. The number of nitrogens with two attached hydrogens (primary N) is 1. The highest BCUT2D eigenvalue weighted by atomic mass is 16.5. The van der Waals surface area contributed by atoms with Gasteiger partial charge >= 0.3 is 0 Å². The predicted molar refractivity (Wildman–Crippen MR) is 51.7 cm³/mol. The van der Waals surface area contributed by atoms with Crippen molar-refractivity contribution in [2.24, 2.45) is 0 Å². The molecule has 0 saturated carbocycles. The van der Waals surface area contributed by atoms with Gasteiger partial charge in [0.1, 0.15) is 11.5 Å². The zero-order chi connectivity index (χ0) is 10.1. The van der Waals surface area contributed by atoms with Crippen LogP contribution < -0.4 is 5.73 Å². The highest BCUT2D eigenvalue weighted by Gasteiger charge is 2.04. The molecule has 5 nitrogen and oxygen atoms in total. The van der Waals surface area contributed by atoms with Crippen molar-refractivity contribution in [3.8, 4) is 0 Å². The van der Waals surface area contributed by atoms with Crippen molar-refractivity contribution in [3.05, 3.63) is 29.4 Å². The molecule has 0 amide bonds. The fourth-order valence-corrected chi connectivity index (χ4v) is 1.27. The molecule has 0 aromatic carbocycles. The summed E-state index contributed by atoms with van der Waals surface area (Å²) < 4.78 is 6.70. The quantitative estimate of drug-likeness (QED) is 0.774. The van der Waals surface area contributed by atoms with E-state index in [1.807, 2.05) is 19.9 Å². The lowest BCUT2D eigenvalue weighted by Gasteiger charge is -1.94. The molecule has 0 aliphatic rings. The minimum absolute atomic E-state index is 0.593. The summed E-state index contributed by atoms with van der Waals surface area (Å²) in [5, 5.41) is 8.10. The Balaban J connectivity index is 2.18. The molecule has 0 fully saturated rings. The van der Waals surface area contributed by atoms with Crippen LogP contribution in [0.2, 0.25) is 0 Å². The van der Waals surface area contributed by atoms with Crippen LogP contribution in [0.15, 0.2) is 16.8 Å². The second-order valence-corrected chi connectivity index (χ2v) is 3.30. The molecule has 2 aromatic rings. The number of hydrogen-bond acceptors (Lipinski definition) is 4. The molecule has 0 aliphatic heterocycles. The van der Waals surface area contributed by atoms with E-state index in [4.69, 9.17) is 10.3 Å². The zero-order valence-corrected chi connectivity index (χ0v) is 8.19. The number of nitrogens with zero attached hydrogens (tertiary/aromatic N) is 3. The Labute approximate surface area is 81.5 Å². The van der Waals surface area contributed by atoms with Gasteiger partial charge < -0.3 is 10.3 Å². The molecular weight excluding hydrogens is 180 g/mol. The summed E-state index contributed by atoms with van der Waals surface area (Å²) in [6.45, 7) is 4.33. The van der Waals surface area contributed by atoms with E-state index in [0.29, 0.717) is 12.2 Å². The Hall–Kier alpha value is -1.78. The maximum Gasteiger partial charge on any atom is 0.133 e. The highest BCUT2D eigenvalue weighted by molar-refractivity contribution is 5.39. The first-order valence-electron chi connectivity index (χ1n) is 4.37. The molecule has 0 atom stereocenters. The molecule has 14 heavy (non-hydrogen) atoms. The van der Waals surface area contributed by atoms with Crippen LogP contribution in [0.1, 0.15) is 17.1 Å². The van der Waals surface area contributed by atoms with E-state index in [2.05, 4.69) is 10.3 Å². The summed E-state index contributed by atoms with van der Waals surface area (Å²) >= 11 is 0. The summed E-state index contributed by atoms with van der Waals surface area (Å²) in [5.41, 5.74) is 8.06. The predicted octanol–water partition coefficient (Wildman–Crippen LogP) is 1.12. The Bertz CT molecular complexity index is 424. The van der Waals surface area contributed by atoms with Crippen molar-refractivity contribution in [2.75, 3.05) is 5.73 Å². The monoisotopic (exact) mass is 192 g/mol. The van der Waals surface area contributed by atoms with Crippen LogP contribution in [0.4, 0.5) is 5.69 Å². The number of anilines is 1. The fraction of sp³-hybridized carbons (Fsp3) is 0.333. The summed E-state index contributed by atoms with van der Waals surface area (Å²) in [5.74, 6) is 0.803. The molecule has 0 saturated heterocycles. The van der Waals surface area contributed by atoms with Gasteiger partial charge in [-0.2, -0.15) is 5.10 Å². The first-order valence-corrected chi connectivity index (χ1v) is 4.37. The number of rotatable bonds is 2. The topological polar surface area (TPSA) is 69.9 Å². The molecule has 0 radical (unpaired) electrons. The van der Waals surface area contributed by atoms with Crippen molar-refractivity contribution >= 4 is 5.69 Å². The average molecular weight is 192 g/mol. The van der Waals surface area contributed by atoms with Crippen LogP contribution >= 0.6 is 0 Å². The second kappa shape index (κ2) is 3.17. The number of aromatic nitrogens is 3. The lowest BCUT2D eigenvalue weighted by Crippen LogP contribution is -2.00. The summed E-state index contributed by atoms with van der Waals surface area (Å²) in [6.07, 6.45) is 1.79. The van der Waals surface area contributed by atoms with Crippen LogP contribution in [0, 0.1) is 13.8 Å². The van der Waals surface area contributed by atoms with Crippen molar-refractivity contribution in [1.29, 1.82) is 0 Å². The first kappa shape index (κ1) is 8.80. The molecule has 74 valence electrons. The van der Waals surface area contributed by atoms with Crippen molar-refractivity contribution < 1.29 is 4.52 Å². The van der Waals surface area contributed by atoms with Gasteiger partial charge in [0, 0.05) is 12.3 Å². The van der Waals surface area contributed by atoms with Crippen LogP contribution in [0.3, 0.4) is 0 Å². The van der Waals surface area contributed by atoms with Crippen LogP contribution in [0.5, 0.6) is 0 Å². The molecular formula is C9H12N4O. The first-order chi connectivity index (χ1) is 6.65. The molecule has 0 bridgehead atoms. The van der Waals surface area contributed by atoms with Gasteiger partial charge in [-0.05, 0) is 13.8 Å².